The smallest absolute Gasteiger partial charge is 0.403 e. The van der Waals surface area contributed by atoms with Gasteiger partial charge in [-0.1, -0.05) is 12.0 Å². The number of anilines is 1. The van der Waals surface area contributed by atoms with Crippen LogP contribution < -0.4 is 9.64 Å². The van der Waals surface area contributed by atoms with E-state index in [1.54, 1.807) is 13.2 Å². The first-order valence-electron chi connectivity index (χ1n) is 19.2. The number of ether oxygens (including phenoxy) is 1. The first-order chi connectivity index (χ1) is 27.2. The molecular weight excluding hydrogens is 752 g/mol. The van der Waals surface area contributed by atoms with Crippen LogP contribution >= 0.6 is 0 Å². The highest BCUT2D eigenvalue weighted by molar-refractivity contribution is 6.18. The Kier molecular flexibility index (Phi) is 7.81. The largest absolute Gasteiger partial charge is 0.508 e. The minimum atomic E-state index is -4.65. The SMILES string of the molecule is C#Cc1c(F)ccc2cc(O)cc(-c3c(F)c4nc(OC[C@@]56CCCN5C[C@H](F)C6)nc(N5C[C@H]6CC[C@@H](C5)N6C(=O)C5(C(F)(F)F)CC5)c4c4cn(C)nc34)c12. The number of phenols is 1. The van der Waals surface area contributed by atoms with Gasteiger partial charge in [-0.15, -0.1) is 6.42 Å². The van der Waals surface area contributed by atoms with Crippen molar-refractivity contribution in [2.24, 2.45) is 12.5 Å². The summed E-state index contributed by atoms with van der Waals surface area (Å²) in [6.45, 7) is 1.27. The summed E-state index contributed by atoms with van der Waals surface area (Å²) in [5, 5.41) is 16.7. The molecule has 2 bridgehead atoms. The number of hydrogen-bond donors (Lipinski definition) is 1. The van der Waals surface area contributed by atoms with Crippen LogP contribution in [-0.2, 0) is 11.8 Å². The Bertz CT molecular complexity index is 2570. The lowest BCUT2D eigenvalue weighted by Gasteiger charge is -2.43. The molecule has 16 heteroatoms. The minimum Gasteiger partial charge on any atom is -0.508 e. The van der Waals surface area contributed by atoms with Crippen LogP contribution in [0.25, 0.3) is 43.7 Å². The van der Waals surface area contributed by atoms with Gasteiger partial charge >= 0.3 is 12.2 Å². The van der Waals surface area contributed by atoms with E-state index in [9.17, 15) is 27.5 Å². The van der Waals surface area contributed by atoms with Gasteiger partial charge in [0.05, 0.1) is 16.5 Å². The van der Waals surface area contributed by atoms with Crippen LogP contribution in [-0.4, -0.2) is 103 Å². The van der Waals surface area contributed by atoms with Gasteiger partial charge < -0.3 is 19.6 Å². The van der Waals surface area contributed by atoms with Gasteiger partial charge in [-0.25, -0.2) is 13.2 Å². The van der Waals surface area contributed by atoms with Gasteiger partial charge in [0.25, 0.3) is 0 Å². The number of carbonyl (C=O) groups is 1. The summed E-state index contributed by atoms with van der Waals surface area (Å²) in [4.78, 5) is 28.4. The molecule has 1 amide bonds. The third-order valence-corrected chi connectivity index (χ3v) is 13.0. The quantitative estimate of drug-likeness (QED) is 0.149. The molecule has 4 aliphatic heterocycles. The number of carbonyl (C=O) groups excluding carboxylic acids is 1. The van der Waals surface area contributed by atoms with Crippen LogP contribution in [0.1, 0.15) is 50.5 Å². The summed E-state index contributed by atoms with van der Waals surface area (Å²) in [6, 6.07) is 4.00. The van der Waals surface area contributed by atoms with E-state index in [0.29, 0.717) is 36.6 Å². The van der Waals surface area contributed by atoms with Gasteiger partial charge in [-0.2, -0.15) is 28.2 Å². The number of fused-ring (bicyclic) bond motifs is 7. The number of piperazine rings is 1. The molecule has 5 aromatic rings. The zero-order chi connectivity index (χ0) is 39.8. The molecule has 5 aliphatic rings. The summed E-state index contributed by atoms with van der Waals surface area (Å²) in [7, 11) is 1.64. The molecule has 2 aromatic heterocycles. The number of terminal acetylenes is 1. The van der Waals surface area contributed by atoms with E-state index in [1.807, 2.05) is 4.90 Å². The lowest BCUT2D eigenvalue weighted by molar-refractivity contribution is -0.200. The third kappa shape index (κ3) is 5.29. The first-order valence-corrected chi connectivity index (χ1v) is 19.2. The predicted octanol–water partition coefficient (Wildman–Crippen LogP) is 6.78. The van der Waals surface area contributed by atoms with Crippen molar-refractivity contribution in [2.75, 3.05) is 37.7 Å². The molecular formula is C41H37F6N7O3. The zero-order valence-electron chi connectivity index (χ0n) is 30.8. The van der Waals surface area contributed by atoms with Crippen LogP contribution in [0.15, 0.2) is 30.5 Å². The highest BCUT2D eigenvalue weighted by Gasteiger charge is 2.70. The number of aromatic nitrogens is 4. The van der Waals surface area contributed by atoms with Crippen LogP contribution in [0.5, 0.6) is 11.8 Å². The number of phenolic OH excluding ortho intramolecular Hbond substituents is 1. The summed E-state index contributed by atoms with van der Waals surface area (Å²) in [5.41, 5.74) is -3.16. The van der Waals surface area contributed by atoms with E-state index in [4.69, 9.17) is 16.1 Å². The molecule has 296 valence electrons. The molecule has 0 radical (unpaired) electrons. The molecule has 1 aliphatic carbocycles. The average Bonchev–Trinajstić information content (AvgIpc) is 3.54. The number of rotatable bonds is 6. The van der Waals surface area contributed by atoms with Gasteiger partial charge in [0.2, 0.25) is 5.91 Å². The molecule has 3 aromatic carbocycles. The van der Waals surface area contributed by atoms with E-state index in [2.05, 4.69) is 20.9 Å². The topological polar surface area (TPSA) is 99.9 Å². The van der Waals surface area contributed by atoms with Crippen molar-refractivity contribution in [1.29, 1.82) is 0 Å². The fraction of sp³-hybridized carbons (Fsp3) is 0.463. The van der Waals surface area contributed by atoms with Crippen LogP contribution in [0.4, 0.5) is 32.2 Å². The van der Waals surface area contributed by atoms with Crippen LogP contribution in [0.2, 0.25) is 0 Å². The number of alkyl halides is 4. The molecule has 0 unspecified atom stereocenters. The molecule has 0 spiro atoms. The first kappa shape index (κ1) is 36.1. The molecule has 4 saturated heterocycles. The fourth-order valence-corrected chi connectivity index (χ4v) is 10.3. The Morgan fingerprint density at radius 2 is 1.81 bits per heavy atom. The Balaban J connectivity index is 1.16. The summed E-state index contributed by atoms with van der Waals surface area (Å²) in [6.07, 6.45) is 4.07. The summed E-state index contributed by atoms with van der Waals surface area (Å²) >= 11 is 0. The van der Waals surface area contributed by atoms with Crippen LogP contribution in [0, 0.1) is 29.4 Å². The molecule has 1 N–H and O–H groups in total. The maximum Gasteiger partial charge on any atom is 0.403 e. The number of amides is 1. The highest BCUT2D eigenvalue weighted by Crippen LogP contribution is 2.60. The van der Waals surface area contributed by atoms with Gasteiger partial charge in [-0.05, 0) is 74.2 Å². The number of nitrogens with zero attached hydrogens (tertiary/aromatic N) is 7. The standard InChI is InChI=1S/C41H37F6N7O3/c1-3-26-29(43)8-5-21-13-25(55)14-27(30(21)26)31-33(44)35-32(28-19-51(2)50-34(28)31)36(49-38(48-35)57-20-39-9-4-12-53(39)16-22(42)15-39)52-17-23-6-7-24(18-52)54(23)37(56)40(10-11-40)41(45,46)47/h1,5,8,13-14,19,22-24,55H,4,6-7,9-12,15-18,20H2,2H3/t22-,23-,24+,39+/m1/s1. The van der Waals surface area contributed by atoms with E-state index in [1.165, 1.54) is 33.8 Å². The second-order valence-electron chi connectivity index (χ2n) is 16.4. The molecule has 57 heavy (non-hydrogen) atoms. The highest BCUT2D eigenvalue weighted by atomic mass is 19.4. The summed E-state index contributed by atoms with van der Waals surface area (Å²) < 4.78 is 97.9. The maximum atomic E-state index is 17.7. The fourth-order valence-electron chi connectivity index (χ4n) is 10.3. The molecule has 6 heterocycles. The minimum absolute atomic E-state index is 0.0387. The Labute approximate surface area is 322 Å². The van der Waals surface area contributed by atoms with Gasteiger partial charge in [0.1, 0.15) is 46.6 Å². The molecule has 10 nitrogen and oxygen atoms in total. The van der Waals surface area contributed by atoms with Crippen LogP contribution in [0.3, 0.4) is 0 Å². The number of aryl methyl sites for hydroxylation is 1. The normalized spacial score (nSPS) is 25.5. The van der Waals surface area contributed by atoms with Crippen molar-refractivity contribution in [3.8, 4) is 35.2 Å². The van der Waals surface area contributed by atoms with Gasteiger partial charge in [0.15, 0.2) is 5.82 Å². The average molecular weight is 790 g/mol. The number of halogens is 6. The van der Waals surface area contributed by atoms with Crippen molar-refractivity contribution < 1.29 is 41.0 Å². The Hall–Kier alpha value is -5.30. The Morgan fingerprint density at radius 3 is 2.51 bits per heavy atom. The molecule has 4 atom stereocenters. The number of benzene rings is 3. The molecule has 10 rings (SSSR count). The second kappa shape index (κ2) is 12.3. The molecule has 1 saturated carbocycles. The second-order valence-corrected chi connectivity index (χ2v) is 16.4. The van der Waals surface area contributed by atoms with E-state index < -0.39 is 52.9 Å². The van der Waals surface area contributed by atoms with Gasteiger partial charge in [-0.3, -0.25) is 14.4 Å². The zero-order valence-corrected chi connectivity index (χ0v) is 30.8. The van der Waals surface area contributed by atoms with Crippen molar-refractivity contribution in [2.45, 2.75) is 74.9 Å². The van der Waals surface area contributed by atoms with E-state index in [-0.39, 0.29) is 102 Å². The predicted molar refractivity (Wildman–Crippen MR) is 198 cm³/mol. The monoisotopic (exact) mass is 789 g/mol. The lowest BCUT2D eigenvalue weighted by atomic mass is 9.91. The van der Waals surface area contributed by atoms with Crippen molar-refractivity contribution >= 4 is 44.3 Å². The lowest BCUT2D eigenvalue weighted by Crippen LogP contribution is -2.59. The van der Waals surface area contributed by atoms with E-state index >= 15 is 8.78 Å². The third-order valence-electron chi connectivity index (χ3n) is 13.0. The summed E-state index contributed by atoms with van der Waals surface area (Å²) in [5.74, 6) is -0.107. The molecule has 5 fully saturated rings. The Morgan fingerprint density at radius 1 is 1.05 bits per heavy atom. The van der Waals surface area contributed by atoms with Crippen molar-refractivity contribution in [3.05, 3.63) is 47.7 Å². The van der Waals surface area contributed by atoms with Crippen molar-refractivity contribution in [3.63, 3.8) is 0 Å². The van der Waals surface area contributed by atoms with E-state index in [0.717, 1.165) is 6.42 Å². The maximum absolute atomic E-state index is 17.7. The number of aromatic hydroxyl groups is 1. The van der Waals surface area contributed by atoms with Gasteiger partial charge in [0, 0.05) is 67.7 Å². The van der Waals surface area contributed by atoms with Crippen molar-refractivity contribution in [1.82, 2.24) is 29.5 Å². The number of hydrogen-bond acceptors (Lipinski definition) is 8.